The Labute approximate surface area is 128 Å². The molecule has 0 N–H and O–H groups in total. The average molecular weight is 311 g/mol. The van der Waals surface area contributed by atoms with E-state index in [4.69, 9.17) is 27.9 Å². The van der Waals surface area contributed by atoms with Crippen molar-refractivity contribution in [3.05, 3.63) is 0 Å². The quantitative estimate of drug-likeness (QED) is 0.265. The zero-order valence-corrected chi connectivity index (χ0v) is 13.9. The first-order chi connectivity index (χ1) is 8.98. The van der Waals surface area contributed by atoms with Crippen LogP contribution in [0, 0.1) is 0 Å². The Kier molecular flexibility index (Phi) is 11.9. The summed E-state index contributed by atoms with van der Waals surface area (Å²) in [5.74, 6) is -0.549. The van der Waals surface area contributed by atoms with Crippen LogP contribution >= 0.6 is 23.2 Å². The van der Waals surface area contributed by atoms with E-state index >= 15 is 0 Å². The van der Waals surface area contributed by atoms with Crippen LogP contribution in [0.4, 0.5) is 0 Å². The van der Waals surface area contributed by atoms with Crippen molar-refractivity contribution in [2.24, 2.45) is 0 Å². The van der Waals surface area contributed by atoms with Crippen molar-refractivity contribution in [3.8, 4) is 0 Å². The van der Waals surface area contributed by atoms with Crippen molar-refractivity contribution in [1.29, 1.82) is 0 Å². The van der Waals surface area contributed by atoms with Gasteiger partial charge < -0.3 is 4.74 Å². The minimum atomic E-state index is -1.42. The van der Waals surface area contributed by atoms with Gasteiger partial charge in [0.1, 0.15) is 0 Å². The number of esters is 1. The number of carbonyl (C=O) groups is 1. The minimum absolute atomic E-state index is 0.421. The van der Waals surface area contributed by atoms with Gasteiger partial charge in [0.25, 0.3) is 0 Å². The van der Waals surface area contributed by atoms with Crippen LogP contribution in [0.15, 0.2) is 0 Å². The van der Waals surface area contributed by atoms with Crippen molar-refractivity contribution in [2.75, 3.05) is 6.61 Å². The fraction of sp³-hybridized carbons (Fsp3) is 0.933. The molecule has 0 aromatic rings. The lowest BCUT2D eigenvalue weighted by Crippen LogP contribution is -2.24. The van der Waals surface area contributed by atoms with Crippen molar-refractivity contribution < 1.29 is 9.53 Å². The van der Waals surface area contributed by atoms with E-state index in [1.165, 1.54) is 58.3 Å². The van der Waals surface area contributed by atoms with Crippen LogP contribution in [0.25, 0.3) is 0 Å². The number of halogens is 2. The van der Waals surface area contributed by atoms with Gasteiger partial charge in [-0.2, -0.15) is 0 Å². The van der Waals surface area contributed by atoms with Gasteiger partial charge in [-0.05, 0) is 13.3 Å². The number of alkyl halides is 2. The smallest absolute Gasteiger partial charge is 0.342 e. The van der Waals surface area contributed by atoms with Gasteiger partial charge in [-0.25, -0.2) is 4.79 Å². The molecule has 114 valence electrons. The second-order valence-corrected chi connectivity index (χ2v) is 6.91. The molecule has 0 aliphatic heterocycles. The third-order valence-electron chi connectivity index (χ3n) is 3.09. The Hall–Kier alpha value is 0.0500. The summed E-state index contributed by atoms with van der Waals surface area (Å²) in [7, 11) is 0. The summed E-state index contributed by atoms with van der Waals surface area (Å²) in [6, 6.07) is 0. The zero-order valence-electron chi connectivity index (χ0n) is 12.4. The molecule has 19 heavy (non-hydrogen) atoms. The van der Waals surface area contributed by atoms with Gasteiger partial charge in [-0.1, -0.05) is 87.9 Å². The number of ether oxygens (including phenoxy) is 1. The van der Waals surface area contributed by atoms with Gasteiger partial charge in [-0.15, -0.1) is 0 Å². The Bertz CT molecular complexity index is 225. The molecule has 0 aromatic heterocycles. The third-order valence-corrected chi connectivity index (χ3v) is 3.40. The van der Waals surface area contributed by atoms with Crippen LogP contribution in [0.5, 0.6) is 0 Å². The molecule has 0 unspecified atom stereocenters. The zero-order chi connectivity index (χ0) is 14.6. The van der Waals surface area contributed by atoms with Gasteiger partial charge in [0.15, 0.2) is 0 Å². The Morgan fingerprint density at radius 2 is 1.32 bits per heavy atom. The van der Waals surface area contributed by atoms with Gasteiger partial charge in [0, 0.05) is 0 Å². The molecule has 0 atom stereocenters. The molecule has 0 heterocycles. The summed E-state index contributed by atoms with van der Waals surface area (Å²) in [6.45, 7) is 4.09. The SMILES string of the molecule is CCCCCCCCCCCCOC(=O)C(C)(Cl)Cl. The number of hydrogen-bond donors (Lipinski definition) is 0. The first kappa shape index (κ1) is 19.1. The summed E-state index contributed by atoms with van der Waals surface area (Å²) in [4.78, 5) is 11.2. The van der Waals surface area contributed by atoms with Crippen LogP contribution in [0.3, 0.4) is 0 Å². The summed E-state index contributed by atoms with van der Waals surface area (Å²) < 4.78 is 3.56. The number of rotatable bonds is 12. The second kappa shape index (κ2) is 11.8. The monoisotopic (exact) mass is 310 g/mol. The van der Waals surface area contributed by atoms with Gasteiger partial charge in [-0.3, -0.25) is 0 Å². The molecule has 0 amide bonds. The molecule has 0 saturated carbocycles. The van der Waals surface area contributed by atoms with E-state index in [2.05, 4.69) is 6.92 Å². The van der Waals surface area contributed by atoms with E-state index < -0.39 is 10.3 Å². The lowest BCUT2D eigenvalue weighted by molar-refractivity contribution is -0.144. The summed E-state index contributed by atoms with van der Waals surface area (Å²) in [6.07, 6.45) is 12.6. The number of hydrogen-bond acceptors (Lipinski definition) is 2. The maximum absolute atomic E-state index is 11.2. The molecule has 4 heteroatoms. The fourth-order valence-electron chi connectivity index (χ4n) is 1.88. The molecule has 0 spiro atoms. The van der Waals surface area contributed by atoms with Crippen LogP contribution in [0.2, 0.25) is 0 Å². The van der Waals surface area contributed by atoms with Gasteiger partial charge in [0.2, 0.25) is 4.33 Å². The molecule has 0 saturated heterocycles. The molecule has 0 aliphatic rings. The minimum Gasteiger partial charge on any atom is -0.463 e. The lowest BCUT2D eigenvalue weighted by Gasteiger charge is -2.12. The van der Waals surface area contributed by atoms with Crippen LogP contribution < -0.4 is 0 Å². The molecule has 0 aromatic carbocycles. The molecule has 0 aliphatic carbocycles. The molecule has 2 nitrogen and oxygen atoms in total. The summed E-state index contributed by atoms with van der Waals surface area (Å²) >= 11 is 11.2. The van der Waals surface area contributed by atoms with Gasteiger partial charge >= 0.3 is 5.97 Å². The highest BCUT2D eigenvalue weighted by Gasteiger charge is 2.28. The first-order valence-electron chi connectivity index (χ1n) is 7.53. The Balaban J connectivity index is 3.17. The third kappa shape index (κ3) is 12.8. The maximum Gasteiger partial charge on any atom is 0.342 e. The highest BCUT2D eigenvalue weighted by Crippen LogP contribution is 2.21. The molecule has 0 fully saturated rings. The van der Waals surface area contributed by atoms with E-state index in [1.807, 2.05) is 0 Å². The summed E-state index contributed by atoms with van der Waals surface area (Å²) in [5, 5.41) is 0. The predicted octanol–water partition coefficient (Wildman–Crippen LogP) is 5.64. The molecular formula is C15H28Cl2O2. The maximum atomic E-state index is 11.2. The van der Waals surface area contributed by atoms with Crippen molar-refractivity contribution in [1.82, 2.24) is 0 Å². The largest absolute Gasteiger partial charge is 0.463 e. The average Bonchev–Trinajstić information content (AvgIpc) is 2.34. The van der Waals surface area contributed by atoms with E-state index in [-0.39, 0.29) is 0 Å². The number of carbonyl (C=O) groups excluding carboxylic acids is 1. The second-order valence-electron chi connectivity index (χ2n) is 5.21. The number of unbranched alkanes of at least 4 members (excludes halogenated alkanes) is 9. The highest BCUT2D eigenvalue weighted by atomic mass is 35.5. The van der Waals surface area contributed by atoms with Crippen LogP contribution in [-0.2, 0) is 9.53 Å². The Morgan fingerprint density at radius 3 is 1.74 bits per heavy atom. The van der Waals surface area contributed by atoms with Crippen molar-refractivity contribution in [3.63, 3.8) is 0 Å². The standard InChI is InChI=1S/C15H28Cl2O2/c1-3-4-5-6-7-8-9-10-11-12-13-19-14(18)15(2,16)17/h3-13H2,1-2H3. The van der Waals surface area contributed by atoms with Crippen LogP contribution in [-0.4, -0.2) is 16.9 Å². The van der Waals surface area contributed by atoms with E-state index in [9.17, 15) is 4.79 Å². The fourth-order valence-corrected chi connectivity index (χ4v) is 1.99. The molecular weight excluding hydrogens is 283 g/mol. The van der Waals surface area contributed by atoms with E-state index in [1.54, 1.807) is 0 Å². The Morgan fingerprint density at radius 1 is 0.895 bits per heavy atom. The first-order valence-corrected chi connectivity index (χ1v) is 8.29. The topological polar surface area (TPSA) is 26.3 Å². The molecule has 0 bridgehead atoms. The predicted molar refractivity (Wildman–Crippen MR) is 82.9 cm³/mol. The molecule has 0 rings (SSSR count). The highest BCUT2D eigenvalue weighted by molar-refractivity contribution is 6.57. The normalized spacial score (nSPS) is 11.6. The van der Waals surface area contributed by atoms with E-state index in [0.717, 1.165) is 12.8 Å². The summed E-state index contributed by atoms with van der Waals surface area (Å²) in [5.41, 5.74) is 0. The van der Waals surface area contributed by atoms with Crippen molar-refractivity contribution in [2.45, 2.75) is 82.4 Å². The van der Waals surface area contributed by atoms with Gasteiger partial charge in [0.05, 0.1) is 6.61 Å². The lowest BCUT2D eigenvalue weighted by atomic mass is 10.1. The van der Waals surface area contributed by atoms with E-state index in [0.29, 0.717) is 6.61 Å². The van der Waals surface area contributed by atoms with Crippen LogP contribution in [0.1, 0.15) is 78.1 Å². The molecule has 0 radical (unpaired) electrons. The van der Waals surface area contributed by atoms with Crippen molar-refractivity contribution >= 4 is 29.2 Å².